The van der Waals surface area contributed by atoms with Gasteiger partial charge < -0.3 is 15.5 Å². The van der Waals surface area contributed by atoms with E-state index in [0.29, 0.717) is 17.5 Å². The van der Waals surface area contributed by atoms with Gasteiger partial charge in [-0.3, -0.25) is 4.79 Å². The van der Waals surface area contributed by atoms with Gasteiger partial charge in [-0.05, 0) is 39.3 Å². The molecule has 4 heteroatoms. The predicted octanol–water partition coefficient (Wildman–Crippen LogP) is 1.59. The van der Waals surface area contributed by atoms with Gasteiger partial charge in [-0.2, -0.15) is 0 Å². The van der Waals surface area contributed by atoms with Crippen LogP contribution in [0.1, 0.15) is 36.2 Å². The molecule has 1 aromatic rings. The second kappa shape index (κ2) is 5.68. The number of carbonyl (C=O) groups is 1. The molecule has 0 spiro atoms. The molecule has 0 aliphatic rings. The lowest BCUT2D eigenvalue weighted by Crippen LogP contribution is -2.35. The first-order valence-electron chi connectivity index (χ1n) is 5.69. The minimum absolute atomic E-state index is 0.107. The fourth-order valence-corrected chi connectivity index (χ4v) is 1.74. The van der Waals surface area contributed by atoms with E-state index in [2.05, 4.69) is 5.32 Å². The fourth-order valence-electron chi connectivity index (χ4n) is 1.74. The number of carbonyl (C=O) groups excluding carboxylic acids is 1. The molecule has 0 aromatic heterocycles. The minimum atomic E-state index is -0.449. The standard InChI is InChI=1S/C13H19NO3/c1-8(7-9(2)15)14-13(17)11-5-4-6-12(16)10(11)3/h4-6,8-9,15-16H,7H2,1-3H3,(H,14,17). The van der Waals surface area contributed by atoms with Crippen molar-refractivity contribution < 1.29 is 15.0 Å². The van der Waals surface area contributed by atoms with Crippen molar-refractivity contribution in [1.82, 2.24) is 5.32 Å². The number of hydrogen-bond acceptors (Lipinski definition) is 3. The van der Waals surface area contributed by atoms with E-state index in [4.69, 9.17) is 0 Å². The second-order valence-electron chi connectivity index (χ2n) is 4.41. The number of phenolic OH excluding ortho intramolecular Hbond substituents is 1. The number of hydrogen-bond donors (Lipinski definition) is 3. The highest BCUT2D eigenvalue weighted by molar-refractivity contribution is 5.96. The summed E-state index contributed by atoms with van der Waals surface area (Å²) >= 11 is 0. The number of aliphatic hydroxyl groups is 1. The van der Waals surface area contributed by atoms with Crippen LogP contribution in [0.4, 0.5) is 0 Å². The van der Waals surface area contributed by atoms with Gasteiger partial charge in [0.15, 0.2) is 0 Å². The normalized spacial score (nSPS) is 14.1. The van der Waals surface area contributed by atoms with Gasteiger partial charge in [-0.15, -0.1) is 0 Å². The Hall–Kier alpha value is -1.55. The molecule has 2 atom stereocenters. The molecule has 0 saturated carbocycles. The Kier molecular flexibility index (Phi) is 4.52. The van der Waals surface area contributed by atoms with Gasteiger partial charge in [0.25, 0.3) is 5.91 Å². The SMILES string of the molecule is Cc1c(O)cccc1C(=O)NC(C)CC(C)O. The molecule has 17 heavy (non-hydrogen) atoms. The van der Waals surface area contributed by atoms with Crippen LogP contribution in [-0.2, 0) is 0 Å². The molecule has 2 unspecified atom stereocenters. The van der Waals surface area contributed by atoms with E-state index in [0.717, 1.165) is 0 Å². The van der Waals surface area contributed by atoms with Gasteiger partial charge in [-0.25, -0.2) is 0 Å². The van der Waals surface area contributed by atoms with E-state index >= 15 is 0 Å². The highest BCUT2D eigenvalue weighted by Crippen LogP contribution is 2.19. The van der Waals surface area contributed by atoms with Gasteiger partial charge in [0.2, 0.25) is 0 Å². The second-order valence-corrected chi connectivity index (χ2v) is 4.41. The third-order valence-corrected chi connectivity index (χ3v) is 2.62. The maximum Gasteiger partial charge on any atom is 0.251 e. The zero-order valence-electron chi connectivity index (χ0n) is 10.4. The highest BCUT2D eigenvalue weighted by atomic mass is 16.3. The molecule has 0 aliphatic carbocycles. The van der Waals surface area contributed by atoms with Crippen molar-refractivity contribution in [2.45, 2.75) is 39.3 Å². The Labute approximate surface area is 101 Å². The molecule has 3 N–H and O–H groups in total. The number of aliphatic hydroxyl groups excluding tert-OH is 1. The molecule has 1 rings (SSSR count). The van der Waals surface area contributed by atoms with Crippen LogP contribution >= 0.6 is 0 Å². The van der Waals surface area contributed by atoms with Gasteiger partial charge in [0.05, 0.1) is 6.10 Å². The molecule has 0 radical (unpaired) electrons. The average molecular weight is 237 g/mol. The monoisotopic (exact) mass is 237 g/mol. The molecular formula is C13H19NO3. The number of amides is 1. The summed E-state index contributed by atoms with van der Waals surface area (Å²) < 4.78 is 0. The van der Waals surface area contributed by atoms with Crippen LogP contribution in [0.2, 0.25) is 0 Å². The molecule has 1 amide bonds. The van der Waals surface area contributed by atoms with Crippen molar-refractivity contribution in [2.75, 3.05) is 0 Å². The maximum atomic E-state index is 11.9. The van der Waals surface area contributed by atoms with Crippen molar-refractivity contribution in [2.24, 2.45) is 0 Å². The lowest BCUT2D eigenvalue weighted by atomic mass is 10.1. The molecule has 0 fully saturated rings. The Bertz CT molecular complexity index is 402. The van der Waals surface area contributed by atoms with Crippen molar-refractivity contribution >= 4 is 5.91 Å². The smallest absolute Gasteiger partial charge is 0.251 e. The lowest BCUT2D eigenvalue weighted by molar-refractivity contribution is 0.0922. The molecule has 0 saturated heterocycles. The average Bonchev–Trinajstić information content (AvgIpc) is 2.20. The van der Waals surface area contributed by atoms with Gasteiger partial charge in [-0.1, -0.05) is 6.07 Å². The van der Waals surface area contributed by atoms with Crippen molar-refractivity contribution in [3.63, 3.8) is 0 Å². The van der Waals surface area contributed by atoms with Crippen LogP contribution < -0.4 is 5.32 Å². The fraction of sp³-hybridized carbons (Fsp3) is 0.462. The van der Waals surface area contributed by atoms with Crippen LogP contribution in [0.25, 0.3) is 0 Å². The van der Waals surface area contributed by atoms with E-state index in [1.807, 2.05) is 6.92 Å². The summed E-state index contributed by atoms with van der Waals surface area (Å²) in [6.45, 7) is 5.22. The summed E-state index contributed by atoms with van der Waals surface area (Å²) in [6, 6.07) is 4.74. The number of nitrogens with one attached hydrogen (secondary N) is 1. The number of benzene rings is 1. The Balaban J connectivity index is 2.73. The Morgan fingerprint density at radius 2 is 2.06 bits per heavy atom. The van der Waals surface area contributed by atoms with E-state index in [9.17, 15) is 15.0 Å². The molecule has 0 bridgehead atoms. The predicted molar refractivity (Wildman–Crippen MR) is 66.1 cm³/mol. The largest absolute Gasteiger partial charge is 0.508 e. The highest BCUT2D eigenvalue weighted by Gasteiger charge is 2.14. The zero-order valence-corrected chi connectivity index (χ0v) is 10.4. The van der Waals surface area contributed by atoms with Crippen molar-refractivity contribution in [3.05, 3.63) is 29.3 Å². The van der Waals surface area contributed by atoms with Crippen LogP contribution in [0.5, 0.6) is 5.75 Å². The molecule has 1 aromatic carbocycles. The summed E-state index contributed by atoms with van der Waals surface area (Å²) in [5.41, 5.74) is 1.02. The first-order valence-corrected chi connectivity index (χ1v) is 5.69. The summed E-state index contributed by atoms with van der Waals surface area (Å²) in [7, 11) is 0. The van der Waals surface area contributed by atoms with E-state index in [1.165, 1.54) is 0 Å². The van der Waals surface area contributed by atoms with Gasteiger partial charge in [0.1, 0.15) is 5.75 Å². The Morgan fingerprint density at radius 1 is 1.41 bits per heavy atom. The lowest BCUT2D eigenvalue weighted by Gasteiger charge is -2.16. The number of phenols is 1. The topological polar surface area (TPSA) is 69.6 Å². The third-order valence-electron chi connectivity index (χ3n) is 2.62. The summed E-state index contributed by atoms with van der Waals surface area (Å²) in [5.74, 6) is -0.118. The first-order chi connectivity index (χ1) is 7.91. The van der Waals surface area contributed by atoms with Crippen molar-refractivity contribution in [1.29, 1.82) is 0 Å². The van der Waals surface area contributed by atoms with Crippen LogP contribution in [0, 0.1) is 6.92 Å². The number of aromatic hydroxyl groups is 1. The molecular weight excluding hydrogens is 218 g/mol. The summed E-state index contributed by atoms with van der Waals surface area (Å²) in [4.78, 5) is 11.9. The number of rotatable bonds is 4. The molecule has 0 aliphatic heterocycles. The van der Waals surface area contributed by atoms with Crippen LogP contribution in [0.15, 0.2) is 18.2 Å². The van der Waals surface area contributed by atoms with Crippen molar-refractivity contribution in [3.8, 4) is 5.75 Å². The minimum Gasteiger partial charge on any atom is -0.508 e. The summed E-state index contributed by atoms with van der Waals surface area (Å²) in [6.07, 6.45) is 0.0550. The third kappa shape index (κ3) is 3.75. The van der Waals surface area contributed by atoms with Crippen LogP contribution in [0.3, 0.4) is 0 Å². The van der Waals surface area contributed by atoms with Crippen LogP contribution in [-0.4, -0.2) is 28.3 Å². The molecule has 4 nitrogen and oxygen atoms in total. The van der Waals surface area contributed by atoms with Gasteiger partial charge in [0, 0.05) is 17.2 Å². The molecule has 0 heterocycles. The first kappa shape index (κ1) is 13.5. The van der Waals surface area contributed by atoms with E-state index < -0.39 is 6.10 Å². The van der Waals surface area contributed by atoms with E-state index in [-0.39, 0.29) is 17.7 Å². The molecule has 94 valence electrons. The van der Waals surface area contributed by atoms with Gasteiger partial charge >= 0.3 is 0 Å². The Morgan fingerprint density at radius 3 is 2.65 bits per heavy atom. The maximum absolute atomic E-state index is 11.9. The van der Waals surface area contributed by atoms with E-state index in [1.54, 1.807) is 32.0 Å². The zero-order chi connectivity index (χ0) is 13.0. The summed E-state index contributed by atoms with van der Waals surface area (Å²) in [5, 5.41) is 21.5. The quantitative estimate of drug-likeness (QED) is 0.744.